The van der Waals surface area contributed by atoms with Gasteiger partial charge < -0.3 is 5.32 Å². The number of benzene rings is 2. The fraction of sp³-hybridized carbons (Fsp3) is 0.250. The first-order valence-corrected chi connectivity index (χ1v) is 8.12. The minimum Gasteiger partial charge on any atom is -0.310 e. The lowest BCUT2D eigenvalue weighted by Crippen LogP contribution is -2.23. The zero-order valence-electron chi connectivity index (χ0n) is 11.2. The Bertz CT molecular complexity index is 586. The summed E-state index contributed by atoms with van der Waals surface area (Å²) in [6.45, 7) is 2.89. The van der Waals surface area contributed by atoms with Crippen LogP contribution in [-0.4, -0.2) is 6.54 Å². The molecule has 20 heavy (non-hydrogen) atoms. The van der Waals surface area contributed by atoms with Crippen molar-refractivity contribution in [1.29, 1.82) is 0 Å². The predicted octanol–water partition coefficient (Wildman–Crippen LogP) is 5.24. The van der Waals surface area contributed by atoms with E-state index in [4.69, 9.17) is 0 Å². The molecule has 1 atom stereocenters. The van der Waals surface area contributed by atoms with Crippen molar-refractivity contribution < 1.29 is 4.39 Å². The SMILES string of the molecule is CCNC(Cc1cc(Br)ccc1F)c1ccccc1Br. The summed E-state index contributed by atoms with van der Waals surface area (Å²) in [5.74, 6) is -0.164. The van der Waals surface area contributed by atoms with Gasteiger partial charge in [-0.15, -0.1) is 0 Å². The molecule has 0 radical (unpaired) electrons. The van der Waals surface area contributed by atoms with E-state index in [1.54, 1.807) is 6.07 Å². The molecule has 0 aliphatic heterocycles. The molecule has 106 valence electrons. The molecule has 1 unspecified atom stereocenters. The van der Waals surface area contributed by atoms with Crippen LogP contribution in [0.15, 0.2) is 51.4 Å². The van der Waals surface area contributed by atoms with E-state index >= 15 is 0 Å². The maximum absolute atomic E-state index is 13.9. The molecule has 0 fully saturated rings. The minimum atomic E-state index is -0.164. The summed E-state index contributed by atoms with van der Waals surface area (Å²) >= 11 is 6.97. The number of likely N-dealkylation sites (N-methyl/N-ethyl adjacent to an activating group) is 1. The summed E-state index contributed by atoms with van der Waals surface area (Å²) in [4.78, 5) is 0. The summed E-state index contributed by atoms with van der Waals surface area (Å²) in [6, 6.07) is 13.2. The van der Waals surface area contributed by atoms with Gasteiger partial charge in [-0.2, -0.15) is 0 Å². The maximum Gasteiger partial charge on any atom is 0.126 e. The molecule has 1 nitrogen and oxygen atoms in total. The molecule has 0 aliphatic rings. The largest absolute Gasteiger partial charge is 0.310 e. The van der Waals surface area contributed by atoms with Crippen LogP contribution in [-0.2, 0) is 6.42 Å². The lowest BCUT2D eigenvalue weighted by Gasteiger charge is -2.20. The van der Waals surface area contributed by atoms with E-state index in [9.17, 15) is 4.39 Å². The van der Waals surface area contributed by atoms with Gasteiger partial charge >= 0.3 is 0 Å². The predicted molar refractivity (Wildman–Crippen MR) is 88.4 cm³/mol. The van der Waals surface area contributed by atoms with Crippen molar-refractivity contribution in [3.63, 3.8) is 0 Å². The van der Waals surface area contributed by atoms with Gasteiger partial charge in [-0.25, -0.2) is 4.39 Å². The Morgan fingerprint density at radius 3 is 2.60 bits per heavy atom. The lowest BCUT2D eigenvalue weighted by molar-refractivity contribution is 0.526. The van der Waals surface area contributed by atoms with Crippen LogP contribution in [0.1, 0.15) is 24.1 Å². The van der Waals surface area contributed by atoms with Gasteiger partial charge in [0.1, 0.15) is 5.82 Å². The maximum atomic E-state index is 13.9. The van der Waals surface area contributed by atoms with E-state index in [0.717, 1.165) is 21.1 Å². The van der Waals surface area contributed by atoms with E-state index in [1.165, 1.54) is 6.07 Å². The number of rotatable bonds is 5. The van der Waals surface area contributed by atoms with Gasteiger partial charge in [0, 0.05) is 15.0 Å². The Kier molecular flexibility index (Phi) is 5.75. The van der Waals surface area contributed by atoms with Gasteiger partial charge in [0.05, 0.1) is 0 Å². The monoisotopic (exact) mass is 399 g/mol. The highest BCUT2D eigenvalue weighted by atomic mass is 79.9. The average Bonchev–Trinajstić information content (AvgIpc) is 2.43. The van der Waals surface area contributed by atoms with Crippen molar-refractivity contribution in [2.24, 2.45) is 0 Å². The molecule has 1 N–H and O–H groups in total. The van der Waals surface area contributed by atoms with Crippen molar-refractivity contribution in [2.75, 3.05) is 6.54 Å². The number of hydrogen-bond donors (Lipinski definition) is 1. The van der Waals surface area contributed by atoms with Crippen LogP contribution >= 0.6 is 31.9 Å². The Labute approximate surface area is 135 Å². The zero-order chi connectivity index (χ0) is 14.5. The van der Waals surface area contributed by atoms with Crippen molar-refractivity contribution in [3.05, 3.63) is 68.4 Å². The first-order chi connectivity index (χ1) is 9.61. The Morgan fingerprint density at radius 2 is 1.90 bits per heavy atom. The van der Waals surface area contributed by atoms with Gasteiger partial charge in [-0.1, -0.05) is 57.0 Å². The van der Waals surface area contributed by atoms with E-state index in [-0.39, 0.29) is 11.9 Å². The molecular weight excluding hydrogens is 385 g/mol. The molecule has 0 aromatic heterocycles. The molecule has 2 aromatic rings. The quantitative estimate of drug-likeness (QED) is 0.723. The summed E-state index contributed by atoms with van der Waals surface area (Å²) in [7, 11) is 0. The van der Waals surface area contributed by atoms with Crippen LogP contribution in [0, 0.1) is 5.82 Å². The molecule has 0 bridgehead atoms. The van der Waals surface area contributed by atoms with Crippen LogP contribution in [0.25, 0.3) is 0 Å². The first-order valence-electron chi connectivity index (χ1n) is 6.53. The van der Waals surface area contributed by atoms with E-state index in [2.05, 4.69) is 50.2 Å². The second-order valence-corrected chi connectivity index (χ2v) is 6.34. The van der Waals surface area contributed by atoms with Crippen molar-refractivity contribution in [3.8, 4) is 0 Å². The highest BCUT2D eigenvalue weighted by Crippen LogP contribution is 2.27. The van der Waals surface area contributed by atoms with Gasteiger partial charge in [0.15, 0.2) is 0 Å². The topological polar surface area (TPSA) is 12.0 Å². The van der Waals surface area contributed by atoms with Gasteiger partial charge in [-0.3, -0.25) is 0 Å². The molecule has 4 heteroatoms. The molecule has 0 amide bonds. The highest BCUT2D eigenvalue weighted by Gasteiger charge is 2.16. The van der Waals surface area contributed by atoms with Crippen molar-refractivity contribution in [1.82, 2.24) is 5.32 Å². The second-order valence-electron chi connectivity index (χ2n) is 4.57. The smallest absolute Gasteiger partial charge is 0.126 e. The molecule has 0 saturated carbocycles. The summed E-state index contributed by atoms with van der Waals surface area (Å²) in [6.07, 6.45) is 0.613. The third-order valence-electron chi connectivity index (χ3n) is 3.16. The van der Waals surface area contributed by atoms with E-state index in [1.807, 2.05) is 24.3 Å². The fourth-order valence-electron chi connectivity index (χ4n) is 2.22. The molecule has 0 saturated heterocycles. The Hall–Kier alpha value is -0.710. The van der Waals surface area contributed by atoms with Crippen LogP contribution < -0.4 is 5.32 Å². The average molecular weight is 401 g/mol. The van der Waals surface area contributed by atoms with Crippen molar-refractivity contribution >= 4 is 31.9 Å². The lowest BCUT2D eigenvalue weighted by atomic mass is 9.98. The molecule has 2 aromatic carbocycles. The van der Waals surface area contributed by atoms with Crippen molar-refractivity contribution in [2.45, 2.75) is 19.4 Å². The fourth-order valence-corrected chi connectivity index (χ4v) is 3.19. The third kappa shape index (κ3) is 3.90. The van der Waals surface area contributed by atoms with Gasteiger partial charge in [0.2, 0.25) is 0 Å². The summed E-state index contributed by atoms with van der Waals surface area (Å²) < 4.78 is 15.9. The number of halogens is 3. The third-order valence-corrected chi connectivity index (χ3v) is 4.38. The minimum absolute atomic E-state index is 0.0828. The van der Waals surface area contributed by atoms with Crippen LogP contribution in [0.5, 0.6) is 0 Å². The van der Waals surface area contributed by atoms with E-state index in [0.29, 0.717) is 12.0 Å². The van der Waals surface area contributed by atoms with Crippen LogP contribution in [0.3, 0.4) is 0 Å². The van der Waals surface area contributed by atoms with Gasteiger partial charge in [-0.05, 0) is 48.4 Å². The molecule has 0 heterocycles. The standard InChI is InChI=1S/C16H16Br2FN/c1-2-20-16(13-5-3-4-6-14(13)18)10-11-9-12(17)7-8-15(11)19/h3-9,16,20H,2,10H2,1H3. The van der Waals surface area contributed by atoms with Crippen LogP contribution in [0.4, 0.5) is 4.39 Å². The molecule has 2 rings (SSSR count). The van der Waals surface area contributed by atoms with Gasteiger partial charge in [0.25, 0.3) is 0 Å². The highest BCUT2D eigenvalue weighted by molar-refractivity contribution is 9.10. The molecular formula is C16H16Br2FN. The zero-order valence-corrected chi connectivity index (χ0v) is 14.3. The molecule has 0 spiro atoms. The molecule has 0 aliphatic carbocycles. The Balaban J connectivity index is 2.30. The number of nitrogens with one attached hydrogen (secondary N) is 1. The number of hydrogen-bond acceptors (Lipinski definition) is 1. The van der Waals surface area contributed by atoms with E-state index < -0.39 is 0 Å². The normalized spacial score (nSPS) is 12.4. The first kappa shape index (κ1) is 15.7. The second kappa shape index (κ2) is 7.34. The summed E-state index contributed by atoms with van der Waals surface area (Å²) in [5, 5.41) is 3.42. The Morgan fingerprint density at radius 1 is 1.15 bits per heavy atom. The summed E-state index contributed by atoms with van der Waals surface area (Å²) in [5.41, 5.74) is 1.86. The van der Waals surface area contributed by atoms with Crippen LogP contribution in [0.2, 0.25) is 0 Å².